The number of hydrogen-bond donors (Lipinski definition) is 0. The summed E-state index contributed by atoms with van der Waals surface area (Å²) in [5.74, 6) is 0.239. The molecule has 19 heavy (non-hydrogen) atoms. The SMILES string of the molecule is CCCCCCCCC(=O)c1cc(Br)c(C)cc1Br. The summed E-state index contributed by atoms with van der Waals surface area (Å²) in [7, 11) is 0. The van der Waals surface area contributed by atoms with Crippen LogP contribution in [0.4, 0.5) is 0 Å². The molecule has 0 bridgehead atoms. The molecule has 0 fully saturated rings. The van der Waals surface area contributed by atoms with E-state index < -0.39 is 0 Å². The molecule has 0 aliphatic heterocycles. The first-order valence-corrected chi connectivity index (χ1v) is 8.63. The largest absolute Gasteiger partial charge is 0.294 e. The van der Waals surface area contributed by atoms with Crippen LogP contribution in [0.2, 0.25) is 0 Å². The van der Waals surface area contributed by atoms with Gasteiger partial charge in [-0.05, 0) is 31.0 Å². The van der Waals surface area contributed by atoms with Crippen LogP contribution in [0.15, 0.2) is 21.1 Å². The average molecular weight is 390 g/mol. The number of benzene rings is 1. The van der Waals surface area contributed by atoms with E-state index in [2.05, 4.69) is 38.8 Å². The zero-order chi connectivity index (χ0) is 14.3. The first-order valence-electron chi connectivity index (χ1n) is 7.05. The fourth-order valence-electron chi connectivity index (χ4n) is 2.06. The summed E-state index contributed by atoms with van der Waals surface area (Å²) in [6, 6.07) is 3.93. The summed E-state index contributed by atoms with van der Waals surface area (Å²) in [4.78, 5) is 12.2. The second kappa shape index (κ2) is 8.91. The highest BCUT2D eigenvalue weighted by Gasteiger charge is 2.11. The van der Waals surface area contributed by atoms with Gasteiger partial charge in [-0.15, -0.1) is 0 Å². The Morgan fingerprint density at radius 3 is 2.32 bits per heavy atom. The second-order valence-electron chi connectivity index (χ2n) is 5.02. The van der Waals surface area contributed by atoms with Gasteiger partial charge in [-0.1, -0.05) is 70.9 Å². The van der Waals surface area contributed by atoms with E-state index in [1.165, 1.54) is 25.7 Å². The van der Waals surface area contributed by atoms with Crippen molar-refractivity contribution in [2.45, 2.75) is 58.8 Å². The lowest BCUT2D eigenvalue weighted by Gasteiger charge is -2.07. The molecule has 0 spiro atoms. The standard InChI is InChI=1S/C16H22Br2O/c1-3-4-5-6-7-8-9-16(19)13-11-14(17)12(2)10-15(13)18/h10-11H,3-9H2,1-2H3. The van der Waals surface area contributed by atoms with Crippen molar-refractivity contribution in [3.63, 3.8) is 0 Å². The van der Waals surface area contributed by atoms with Crippen LogP contribution in [-0.2, 0) is 0 Å². The molecule has 1 aromatic carbocycles. The minimum atomic E-state index is 0.239. The fourth-order valence-corrected chi connectivity index (χ4v) is 3.08. The molecule has 0 radical (unpaired) electrons. The van der Waals surface area contributed by atoms with E-state index in [1.807, 2.05) is 19.1 Å². The quantitative estimate of drug-likeness (QED) is 0.368. The highest BCUT2D eigenvalue weighted by molar-refractivity contribution is 9.11. The molecule has 0 aliphatic rings. The van der Waals surface area contributed by atoms with Gasteiger partial charge in [-0.3, -0.25) is 4.79 Å². The van der Waals surface area contributed by atoms with Gasteiger partial charge in [-0.2, -0.15) is 0 Å². The van der Waals surface area contributed by atoms with Crippen LogP contribution < -0.4 is 0 Å². The zero-order valence-corrected chi connectivity index (χ0v) is 14.9. The van der Waals surface area contributed by atoms with E-state index in [0.717, 1.165) is 32.9 Å². The lowest BCUT2D eigenvalue weighted by molar-refractivity contribution is 0.0978. The molecule has 0 amide bonds. The molecule has 0 aliphatic carbocycles. The number of halogens is 2. The maximum Gasteiger partial charge on any atom is 0.164 e. The Morgan fingerprint density at radius 2 is 1.63 bits per heavy atom. The van der Waals surface area contributed by atoms with Gasteiger partial charge in [0.1, 0.15) is 0 Å². The van der Waals surface area contributed by atoms with Crippen molar-refractivity contribution in [1.29, 1.82) is 0 Å². The van der Waals surface area contributed by atoms with Crippen molar-refractivity contribution in [2.75, 3.05) is 0 Å². The minimum absolute atomic E-state index is 0.239. The van der Waals surface area contributed by atoms with Crippen LogP contribution in [-0.4, -0.2) is 5.78 Å². The Morgan fingerprint density at radius 1 is 1.00 bits per heavy atom. The van der Waals surface area contributed by atoms with Gasteiger partial charge >= 0.3 is 0 Å². The molecule has 1 rings (SSSR count). The number of ketones is 1. The molecular weight excluding hydrogens is 368 g/mol. The first kappa shape index (κ1) is 16.9. The molecule has 1 nitrogen and oxygen atoms in total. The van der Waals surface area contributed by atoms with Gasteiger partial charge in [0, 0.05) is 20.9 Å². The summed E-state index contributed by atoms with van der Waals surface area (Å²) in [5.41, 5.74) is 1.94. The lowest BCUT2D eigenvalue weighted by Crippen LogP contribution is -2.01. The molecule has 3 heteroatoms. The van der Waals surface area contributed by atoms with Crippen LogP contribution in [0.5, 0.6) is 0 Å². The Balaban J connectivity index is 2.43. The smallest absolute Gasteiger partial charge is 0.164 e. The van der Waals surface area contributed by atoms with Gasteiger partial charge < -0.3 is 0 Å². The van der Waals surface area contributed by atoms with E-state index in [1.54, 1.807) is 0 Å². The van der Waals surface area contributed by atoms with Crippen molar-refractivity contribution >= 4 is 37.6 Å². The number of rotatable bonds is 8. The van der Waals surface area contributed by atoms with Crippen molar-refractivity contribution in [1.82, 2.24) is 0 Å². The number of Topliss-reactive ketones (excluding diaryl/α,β-unsaturated/α-hetero) is 1. The van der Waals surface area contributed by atoms with Crippen LogP contribution in [0.3, 0.4) is 0 Å². The third-order valence-electron chi connectivity index (χ3n) is 3.31. The van der Waals surface area contributed by atoms with Crippen molar-refractivity contribution in [2.24, 2.45) is 0 Å². The van der Waals surface area contributed by atoms with Crippen LogP contribution >= 0.6 is 31.9 Å². The Hall–Kier alpha value is -0.150. The average Bonchev–Trinajstić information content (AvgIpc) is 2.37. The second-order valence-corrected chi connectivity index (χ2v) is 6.73. The predicted molar refractivity (Wildman–Crippen MR) is 88.9 cm³/mol. The monoisotopic (exact) mass is 388 g/mol. The van der Waals surface area contributed by atoms with Crippen LogP contribution in [0.25, 0.3) is 0 Å². The third kappa shape index (κ3) is 5.78. The number of aryl methyl sites for hydroxylation is 1. The maximum atomic E-state index is 12.2. The van der Waals surface area contributed by atoms with Gasteiger partial charge in [-0.25, -0.2) is 0 Å². The van der Waals surface area contributed by atoms with E-state index in [9.17, 15) is 4.79 Å². The van der Waals surface area contributed by atoms with E-state index in [0.29, 0.717) is 6.42 Å². The molecule has 0 N–H and O–H groups in total. The van der Waals surface area contributed by atoms with Gasteiger partial charge in [0.25, 0.3) is 0 Å². The molecular formula is C16H22Br2O. The lowest BCUT2D eigenvalue weighted by atomic mass is 10.0. The Kier molecular flexibility index (Phi) is 7.93. The fraction of sp³-hybridized carbons (Fsp3) is 0.562. The Bertz CT molecular complexity index is 427. The topological polar surface area (TPSA) is 17.1 Å². The zero-order valence-electron chi connectivity index (χ0n) is 11.8. The molecule has 0 saturated heterocycles. The van der Waals surface area contributed by atoms with Crippen molar-refractivity contribution in [3.8, 4) is 0 Å². The summed E-state index contributed by atoms with van der Waals surface area (Å²) >= 11 is 6.97. The highest BCUT2D eigenvalue weighted by Crippen LogP contribution is 2.27. The van der Waals surface area contributed by atoms with Crippen LogP contribution in [0.1, 0.15) is 67.8 Å². The number of carbonyl (C=O) groups excluding carboxylic acids is 1. The molecule has 0 unspecified atom stereocenters. The molecule has 1 aromatic rings. The molecule has 0 aromatic heterocycles. The van der Waals surface area contributed by atoms with E-state index >= 15 is 0 Å². The van der Waals surface area contributed by atoms with Crippen molar-refractivity contribution < 1.29 is 4.79 Å². The number of hydrogen-bond acceptors (Lipinski definition) is 1. The maximum absolute atomic E-state index is 12.2. The van der Waals surface area contributed by atoms with Crippen LogP contribution in [0, 0.1) is 6.92 Å². The minimum Gasteiger partial charge on any atom is -0.294 e. The van der Waals surface area contributed by atoms with Gasteiger partial charge in [0.05, 0.1) is 0 Å². The normalized spacial score (nSPS) is 10.7. The van der Waals surface area contributed by atoms with Gasteiger partial charge in [0.2, 0.25) is 0 Å². The Labute approximate surface area is 133 Å². The summed E-state index contributed by atoms with van der Waals surface area (Å²) in [6.45, 7) is 4.24. The predicted octanol–water partition coefficient (Wildman–Crippen LogP) is 6.45. The van der Waals surface area contributed by atoms with E-state index in [-0.39, 0.29) is 5.78 Å². The number of unbranched alkanes of at least 4 members (excludes halogenated alkanes) is 5. The third-order valence-corrected chi connectivity index (χ3v) is 4.82. The number of carbonyl (C=O) groups is 1. The van der Waals surface area contributed by atoms with Gasteiger partial charge in [0.15, 0.2) is 5.78 Å². The van der Waals surface area contributed by atoms with Crippen molar-refractivity contribution in [3.05, 3.63) is 32.2 Å². The molecule has 0 atom stereocenters. The summed E-state index contributed by atoms with van der Waals surface area (Å²) in [5, 5.41) is 0. The van der Waals surface area contributed by atoms with E-state index in [4.69, 9.17) is 0 Å². The first-order chi connectivity index (χ1) is 9.06. The highest BCUT2D eigenvalue weighted by atomic mass is 79.9. The summed E-state index contributed by atoms with van der Waals surface area (Å²) < 4.78 is 1.91. The molecule has 0 heterocycles. The molecule has 106 valence electrons. The summed E-state index contributed by atoms with van der Waals surface area (Å²) in [6.07, 6.45) is 7.94. The molecule has 0 saturated carbocycles.